The fourth-order valence-corrected chi connectivity index (χ4v) is 2.11. The number of halogens is 3. The van der Waals surface area contributed by atoms with E-state index in [9.17, 15) is 0 Å². The maximum Gasteiger partial charge on any atom is 0.179 e. The summed E-state index contributed by atoms with van der Waals surface area (Å²) < 4.78 is 10.8. The van der Waals surface area contributed by atoms with Crippen LogP contribution in [-0.2, 0) is 6.54 Å². The van der Waals surface area contributed by atoms with Crippen molar-refractivity contribution in [1.29, 1.82) is 0 Å². The molecule has 0 aliphatic heterocycles. The van der Waals surface area contributed by atoms with E-state index in [1.807, 2.05) is 19.1 Å². The largest absolute Gasteiger partial charge is 0.491 e. The molecule has 0 spiro atoms. The number of aliphatic hydroxyl groups is 1. The van der Waals surface area contributed by atoms with Crippen LogP contribution < -0.4 is 20.1 Å². The first-order chi connectivity index (χ1) is 9.72. The molecule has 0 aliphatic rings. The molecule has 5 nitrogen and oxygen atoms in total. The van der Waals surface area contributed by atoms with Crippen LogP contribution in [0, 0.1) is 0 Å². The summed E-state index contributed by atoms with van der Waals surface area (Å²) in [7, 11) is 1.58. The lowest BCUT2D eigenvalue weighted by atomic mass is 10.2. The highest BCUT2D eigenvalue weighted by atomic mass is 35.5. The molecule has 8 heteroatoms. The molecule has 0 saturated carbocycles. The Balaban J connectivity index is 0. The quantitative estimate of drug-likeness (QED) is 0.548. The standard InChI is InChI=1S/C14H23ClN2O3.2ClH/c1-3-20-13-9-11(8-12(15)14(13)19-2)10-17-5-4-16-6-7-18;;/h8-9,16-18H,3-7,10H2,1-2H3;2*1H. The summed E-state index contributed by atoms with van der Waals surface area (Å²) >= 11 is 6.18. The van der Waals surface area contributed by atoms with Gasteiger partial charge in [0.25, 0.3) is 0 Å². The van der Waals surface area contributed by atoms with Crippen molar-refractivity contribution in [2.24, 2.45) is 0 Å². The van der Waals surface area contributed by atoms with E-state index < -0.39 is 0 Å². The number of aliphatic hydroxyl groups excluding tert-OH is 1. The number of methoxy groups -OCH3 is 1. The third-order valence-corrected chi connectivity index (χ3v) is 2.95. The molecule has 1 aromatic rings. The Morgan fingerprint density at radius 3 is 2.41 bits per heavy atom. The van der Waals surface area contributed by atoms with Crippen molar-refractivity contribution in [3.05, 3.63) is 22.7 Å². The minimum absolute atomic E-state index is 0. The van der Waals surface area contributed by atoms with Gasteiger partial charge >= 0.3 is 0 Å². The summed E-state index contributed by atoms with van der Waals surface area (Å²) in [5, 5.41) is 15.6. The maximum absolute atomic E-state index is 8.64. The number of hydrogen-bond acceptors (Lipinski definition) is 5. The van der Waals surface area contributed by atoms with Gasteiger partial charge in [0.15, 0.2) is 11.5 Å². The van der Waals surface area contributed by atoms with Crippen LogP contribution in [0.15, 0.2) is 12.1 Å². The van der Waals surface area contributed by atoms with Gasteiger partial charge in [-0.1, -0.05) is 11.6 Å². The second kappa shape index (κ2) is 14.2. The minimum Gasteiger partial charge on any atom is -0.491 e. The lowest BCUT2D eigenvalue weighted by molar-refractivity contribution is 0.292. The second-order valence-corrected chi connectivity index (χ2v) is 4.60. The highest BCUT2D eigenvalue weighted by Crippen LogP contribution is 2.36. The Morgan fingerprint density at radius 1 is 1.14 bits per heavy atom. The van der Waals surface area contributed by atoms with Crippen LogP contribution in [0.1, 0.15) is 12.5 Å². The van der Waals surface area contributed by atoms with Gasteiger partial charge in [-0.25, -0.2) is 0 Å². The van der Waals surface area contributed by atoms with E-state index in [-0.39, 0.29) is 31.4 Å². The SMILES string of the molecule is CCOc1cc(CNCCNCCO)cc(Cl)c1OC.Cl.Cl. The molecule has 22 heavy (non-hydrogen) atoms. The van der Waals surface area contributed by atoms with E-state index in [0.717, 1.165) is 18.7 Å². The lowest BCUT2D eigenvalue weighted by Crippen LogP contribution is -2.28. The van der Waals surface area contributed by atoms with Crippen LogP contribution in [0.5, 0.6) is 11.5 Å². The molecule has 0 bridgehead atoms. The molecule has 0 fully saturated rings. The molecule has 0 heterocycles. The molecule has 0 saturated heterocycles. The number of nitrogens with one attached hydrogen (secondary N) is 2. The Hall–Kier alpha value is -0.430. The molecule has 0 aliphatic carbocycles. The first-order valence-electron chi connectivity index (χ1n) is 6.74. The molecule has 0 aromatic heterocycles. The molecule has 0 atom stereocenters. The zero-order valence-corrected chi connectivity index (χ0v) is 15.2. The molecule has 1 aromatic carbocycles. The number of ether oxygens (including phenoxy) is 2. The van der Waals surface area contributed by atoms with Crippen molar-refractivity contribution in [3.63, 3.8) is 0 Å². The first kappa shape index (κ1) is 23.8. The summed E-state index contributed by atoms with van der Waals surface area (Å²) in [6.45, 7) is 5.58. The number of hydrogen-bond donors (Lipinski definition) is 3. The zero-order chi connectivity index (χ0) is 14.8. The van der Waals surface area contributed by atoms with Crippen molar-refractivity contribution in [2.75, 3.05) is 40.0 Å². The van der Waals surface area contributed by atoms with Crippen LogP contribution >= 0.6 is 36.4 Å². The van der Waals surface area contributed by atoms with Gasteiger partial charge in [0.05, 0.1) is 25.3 Å². The monoisotopic (exact) mass is 374 g/mol. The molecule has 0 amide bonds. The minimum atomic E-state index is 0. The van der Waals surface area contributed by atoms with Crippen molar-refractivity contribution >= 4 is 36.4 Å². The predicted octanol–water partition coefficient (Wildman–Crippen LogP) is 2.26. The van der Waals surface area contributed by atoms with E-state index in [1.54, 1.807) is 7.11 Å². The van der Waals surface area contributed by atoms with Crippen LogP contribution in [0.3, 0.4) is 0 Å². The predicted molar refractivity (Wildman–Crippen MR) is 95.3 cm³/mol. The van der Waals surface area contributed by atoms with E-state index >= 15 is 0 Å². The Bertz CT molecular complexity index is 409. The fraction of sp³-hybridized carbons (Fsp3) is 0.571. The molecular weight excluding hydrogens is 351 g/mol. The van der Waals surface area contributed by atoms with Gasteiger partial charge in [-0.2, -0.15) is 0 Å². The summed E-state index contributed by atoms with van der Waals surface area (Å²) in [6, 6.07) is 3.80. The van der Waals surface area contributed by atoms with E-state index in [0.29, 0.717) is 36.2 Å². The molecule has 3 N–H and O–H groups in total. The van der Waals surface area contributed by atoms with Gasteiger partial charge in [-0.05, 0) is 24.6 Å². The first-order valence-corrected chi connectivity index (χ1v) is 7.12. The molecular formula is C14H25Cl3N2O3. The van der Waals surface area contributed by atoms with Crippen molar-refractivity contribution in [1.82, 2.24) is 10.6 Å². The van der Waals surface area contributed by atoms with Crippen LogP contribution in [0.4, 0.5) is 0 Å². The molecule has 0 radical (unpaired) electrons. The molecule has 0 unspecified atom stereocenters. The molecule has 1 rings (SSSR count). The second-order valence-electron chi connectivity index (χ2n) is 4.19. The Labute approximate surface area is 149 Å². The summed E-state index contributed by atoms with van der Waals surface area (Å²) in [5.41, 5.74) is 1.04. The average Bonchev–Trinajstić information content (AvgIpc) is 2.43. The van der Waals surface area contributed by atoms with E-state index in [1.165, 1.54) is 0 Å². The summed E-state index contributed by atoms with van der Waals surface area (Å²) in [4.78, 5) is 0. The number of benzene rings is 1. The smallest absolute Gasteiger partial charge is 0.179 e. The Kier molecular flexibility index (Phi) is 15.4. The van der Waals surface area contributed by atoms with Gasteiger partial charge in [0.2, 0.25) is 0 Å². The van der Waals surface area contributed by atoms with E-state index in [4.69, 9.17) is 26.2 Å². The van der Waals surface area contributed by atoms with Gasteiger partial charge in [0.1, 0.15) is 0 Å². The van der Waals surface area contributed by atoms with Crippen LogP contribution in [0.2, 0.25) is 5.02 Å². The third kappa shape index (κ3) is 8.27. The highest BCUT2D eigenvalue weighted by molar-refractivity contribution is 6.32. The lowest BCUT2D eigenvalue weighted by Gasteiger charge is -2.13. The van der Waals surface area contributed by atoms with Gasteiger partial charge in [-0.3, -0.25) is 0 Å². The highest BCUT2D eigenvalue weighted by Gasteiger charge is 2.11. The van der Waals surface area contributed by atoms with Gasteiger partial charge in [-0.15, -0.1) is 24.8 Å². The Morgan fingerprint density at radius 2 is 1.82 bits per heavy atom. The van der Waals surface area contributed by atoms with Crippen LogP contribution in [-0.4, -0.2) is 45.1 Å². The third-order valence-electron chi connectivity index (χ3n) is 2.67. The number of rotatable bonds is 10. The zero-order valence-electron chi connectivity index (χ0n) is 12.9. The van der Waals surface area contributed by atoms with Crippen molar-refractivity contribution in [3.8, 4) is 11.5 Å². The van der Waals surface area contributed by atoms with Crippen LogP contribution in [0.25, 0.3) is 0 Å². The van der Waals surface area contributed by atoms with E-state index in [2.05, 4.69) is 10.6 Å². The van der Waals surface area contributed by atoms with Crippen molar-refractivity contribution in [2.45, 2.75) is 13.5 Å². The van der Waals surface area contributed by atoms with Crippen molar-refractivity contribution < 1.29 is 14.6 Å². The average molecular weight is 376 g/mol. The fourth-order valence-electron chi connectivity index (χ4n) is 1.80. The summed E-state index contributed by atoms with van der Waals surface area (Å²) in [5.74, 6) is 1.24. The molecule has 130 valence electrons. The normalized spacial score (nSPS) is 9.64. The topological polar surface area (TPSA) is 62.8 Å². The summed E-state index contributed by atoms with van der Waals surface area (Å²) in [6.07, 6.45) is 0. The van der Waals surface area contributed by atoms with Gasteiger partial charge in [0, 0.05) is 26.2 Å². The maximum atomic E-state index is 8.64. The van der Waals surface area contributed by atoms with Gasteiger partial charge < -0.3 is 25.2 Å².